The van der Waals surface area contributed by atoms with E-state index in [9.17, 15) is 9.18 Å². The van der Waals surface area contributed by atoms with Gasteiger partial charge in [-0.1, -0.05) is 49.4 Å². The van der Waals surface area contributed by atoms with E-state index in [-0.39, 0.29) is 17.6 Å². The van der Waals surface area contributed by atoms with E-state index < -0.39 is 6.04 Å². The lowest BCUT2D eigenvalue weighted by atomic mass is 9.97. The van der Waals surface area contributed by atoms with Gasteiger partial charge in [0.2, 0.25) is 5.91 Å². The Morgan fingerprint density at radius 1 is 1.12 bits per heavy atom. The van der Waals surface area contributed by atoms with Crippen molar-refractivity contribution in [3.05, 3.63) is 89.8 Å². The summed E-state index contributed by atoms with van der Waals surface area (Å²) >= 11 is 0. The number of nitrogens with zero attached hydrogens (tertiary/aromatic N) is 2. The minimum Gasteiger partial charge on any atom is -0.342 e. The summed E-state index contributed by atoms with van der Waals surface area (Å²) in [6.45, 7) is 2.03. The predicted molar refractivity (Wildman–Crippen MR) is 99.1 cm³/mol. The quantitative estimate of drug-likeness (QED) is 0.731. The van der Waals surface area contributed by atoms with Gasteiger partial charge in [-0.3, -0.25) is 4.79 Å². The number of aryl methyl sites for hydroxylation is 1. The Labute approximate surface area is 152 Å². The molecule has 0 aliphatic rings. The van der Waals surface area contributed by atoms with Crippen LogP contribution in [0.25, 0.3) is 0 Å². The second-order valence-electron chi connectivity index (χ2n) is 6.46. The number of halogens is 1. The maximum absolute atomic E-state index is 13.3. The zero-order valence-electron chi connectivity index (χ0n) is 14.9. The molecular weight excluding hydrogens is 329 g/mol. The maximum Gasteiger partial charge on any atom is 0.221 e. The van der Waals surface area contributed by atoms with Crippen molar-refractivity contribution in [1.82, 2.24) is 14.9 Å². The molecular formula is C21H22FN3O. The van der Waals surface area contributed by atoms with Crippen LogP contribution >= 0.6 is 0 Å². The highest BCUT2D eigenvalue weighted by Gasteiger charge is 2.22. The van der Waals surface area contributed by atoms with Gasteiger partial charge in [-0.2, -0.15) is 0 Å². The van der Waals surface area contributed by atoms with E-state index in [2.05, 4.69) is 10.3 Å². The number of benzene rings is 2. The molecule has 0 saturated heterocycles. The molecule has 1 amide bonds. The summed E-state index contributed by atoms with van der Waals surface area (Å²) in [7, 11) is 1.87. The molecule has 0 unspecified atom stereocenters. The Morgan fingerprint density at radius 2 is 1.81 bits per heavy atom. The van der Waals surface area contributed by atoms with E-state index in [4.69, 9.17) is 0 Å². The van der Waals surface area contributed by atoms with E-state index in [0.717, 1.165) is 11.1 Å². The molecule has 2 aromatic carbocycles. The second kappa shape index (κ2) is 7.95. The third-order valence-electron chi connectivity index (χ3n) is 4.49. The minimum absolute atomic E-state index is 0.0707. The van der Waals surface area contributed by atoms with E-state index in [1.807, 2.05) is 55.1 Å². The van der Waals surface area contributed by atoms with Gasteiger partial charge in [0.25, 0.3) is 0 Å². The summed E-state index contributed by atoms with van der Waals surface area (Å²) in [5.74, 6) is 0.429. The van der Waals surface area contributed by atoms with Crippen molar-refractivity contribution in [2.24, 2.45) is 7.05 Å². The molecule has 2 atom stereocenters. The van der Waals surface area contributed by atoms with E-state index >= 15 is 0 Å². The molecule has 1 N–H and O–H groups in total. The first-order valence-electron chi connectivity index (χ1n) is 8.61. The molecule has 0 spiro atoms. The topological polar surface area (TPSA) is 46.9 Å². The fourth-order valence-corrected chi connectivity index (χ4v) is 3.00. The molecule has 4 nitrogen and oxygen atoms in total. The van der Waals surface area contributed by atoms with Crippen molar-refractivity contribution >= 4 is 5.91 Å². The SMILES string of the molecule is C[C@H](CC(=O)N[C@@H](c1ccc(F)cc1)c1nccn1C)c1ccccc1. The average molecular weight is 351 g/mol. The first-order valence-corrected chi connectivity index (χ1v) is 8.61. The highest BCUT2D eigenvalue weighted by molar-refractivity contribution is 5.77. The number of hydrogen-bond donors (Lipinski definition) is 1. The molecule has 1 heterocycles. The van der Waals surface area contributed by atoms with Crippen LogP contribution in [0.1, 0.15) is 42.3 Å². The van der Waals surface area contributed by atoms with E-state index in [0.29, 0.717) is 12.2 Å². The highest BCUT2D eigenvalue weighted by atomic mass is 19.1. The highest BCUT2D eigenvalue weighted by Crippen LogP contribution is 2.23. The van der Waals surface area contributed by atoms with Crippen LogP contribution < -0.4 is 5.32 Å². The summed E-state index contributed by atoms with van der Waals surface area (Å²) in [6, 6.07) is 15.7. The van der Waals surface area contributed by atoms with Crippen molar-refractivity contribution in [1.29, 1.82) is 0 Å². The summed E-state index contributed by atoms with van der Waals surface area (Å²) in [5, 5.41) is 3.05. The van der Waals surface area contributed by atoms with Crippen molar-refractivity contribution in [3.63, 3.8) is 0 Å². The van der Waals surface area contributed by atoms with E-state index in [1.54, 1.807) is 18.3 Å². The number of hydrogen-bond acceptors (Lipinski definition) is 2. The lowest BCUT2D eigenvalue weighted by molar-refractivity contribution is -0.122. The van der Waals surface area contributed by atoms with Gasteiger partial charge in [-0.15, -0.1) is 0 Å². The molecule has 0 saturated carbocycles. The Morgan fingerprint density at radius 3 is 2.42 bits per heavy atom. The number of rotatable bonds is 6. The number of carbonyl (C=O) groups excluding carboxylic acids is 1. The van der Waals surface area contributed by atoms with Gasteiger partial charge in [0.1, 0.15) is 17.7 Å². The standard InChI is InChI=1S/C21H22FN3O/c1-15(16-6-4-3-5-7-16)14-19(26)24-20(21-23-12-13-25(21)2)17-8-10-18(22)11-9-17/h3-13,15,20H,14H2,1-2H3,(H,24,26)/t15-,20+/m1/s1. The number of carbonyl (C=O) groups is 1. The van der Waals surface area contributed by atoms with Gasteiger partial charge in [0, 0.05) is 25.9 Å². The van der Waals surface area contributed by atoms with Gasteiger partial charge in [-0.05, 0) is 29.2 Å². The van der Waals surface area contributed by atoms with Crippen LogP contribution in [-0.2, 0) is 11.8 Å². The minimum atomic E-state index is -0.425. The van der Waals surface area contributed by atoms with Crippen LogP contribution in [0.15, 0.2) is 67.0 Å². The lowest BCUT2D eigenvalue weighted by Gasteiger charge is -2.20. The summed E-state index contributed by atoms with van der Waals surface area (Å²) < 4.78 is 15.1. The monoisotopic (exact) mass is 351 g/mol. The summed E-state index contributed by atoms with van der Waals surface area (Å²) in [4.78, 5) is 17.0. The Kier molecular flexibility index (Phi) is 5.46. The molecule has 0 aliphatic carbocycles. The Hall–Kier alpha value is -2.95. The number of aromatic nitrogens is 2. The number of amides is 1. The smallest absolute Gasteiger partial charge is 0.221 e. The average Bonchev–Trinajstić information content (AvgIpc) is 3.07. The fraction of sp³-hybridized carbons (Fsp3) is 0.238. The van der Waals surface area contributed by atoms with Gasteiger partial charge >= 0.3 is 0 Å². The van der Waals surface area contributed by atoms with Crippen molar-refractivity contribution in [3.8, 4) is 0 Å². The van der Waals surface area contributed by atoms with Crippen LogP contribution in [0.4, 0.5) is 4.39 Å². The molecule has 26 heavy (non-hydrogen) atoms. The van der Waals surface area contributed by atoms with Gasteiger partial charge in [0.15, 0.2) is 0 Å². The predicted octanol–water partition coefficient (Wildman–Crippen LogP) is 3.96. The number of imidazole rings is 1. The van der Waals surface area contributed by atoms with Gasteiger partial charge in [-0.25, -0.2) is 9.37 Å². The Bertz CT molecular complexity index is 858. The van der Waals surface area contributed by atoms with Crippen molar-refractivity contribution in [2.45, 2.75) is 25.3 Å². The zero-order valence-corrected chi connectivity index (χ0v) is 14.9. The second-order valence-corrected chi connectivity index (χ2v) is 6.46. The molecule has 0 aliphatic heterocycles. The van der Waals surface area contributed by atoms with Crippen LogP contribution in [0.3, 0.4) is 0 Å². The first kappa shape index (κ1) is 17.9. The summed E-state index contributed by atoms with van der Waals surface area (Å²) in [5.41, 5.74) is 1.92. The Balaban J connectivity index is 1.78. The van der Waals surface area contributed by atoms with Gasteiger partial charge < -0.3 is 9.88 Å². The van der Waals surface area contributed by atoms with Crippen LogP contribution in [0.5, 0.6) is 0 Å². The third-order valence-corrected chi connectivity index (χ3v) is 4.49. The van der Waals surface area contributed by atoms with Crippen LogP contribution in [0.2, 0.25) is 0 Å². The molecule has 0 bridgehead atoms. The van der Waals surface area contributed by atoms with E-state index in [1.165, 1.54) is 12.1 Å². The van der Waals surface area contributed by atoms with Crippen LogP contribution in [0, 0.1) is 5.82 Å². The normalized spacial score (nSPS) is 13.2. The fourth-order valence-electron chi connectivity index (χ4n) is 3.00. The zero-order chi connectivity index (χ0) is 18.5. The molecule has 3 rings (SSSR count). The van der Waals surface area contributed by atoms with Crippen LogP contribution in [-0.4, -0.2) is 15.5 Å². The molecule has 0 radical (unpaired) electrons. The summed E-state index contributed by atoms with van der Waals surface area (Å²) in [6.07, 6.45) is 3.88. The first-order chi connectivity index (χ1) is 12.5. The molecule has 1 aromatic heterocycles. The largest absolute Gasteiger partial charge is 0.342 e. The maximum atomic E-state index is 13.3. The molecule has 5 heteroatoms. The molecule has 0 fully saturated rings. The van der Waals surface area contributed by atoms with Crippen molar-refractivity contribution in [2.75, 3.05) is 0 Å². The molecule has 3 aromatic rings. The molecule has 134 valence electrons. The lowest BCUT2D eigenvalue weighted by Crippen LogP contribution is -2.31. The van der Waals surface area contributed by atoms with Crippen molar-refractivity contribution < 1.29 is 9.18 Å². The van der Waals surface area contributed by atoms with Gasteiger partial charge in [0.05, 0.1) is 0 Å². The third kappa shape index (κ3) is 4.17. The number of nitrogens with one attached hydrogen (secondary N) is 1.